The number of hydrogen-bond donors (Lipinski definition) is 1. The fourth-order valence-corrected chi connectivity index (χ4v) is 4.07. The molecule has 0 aliphatic carbocycles. The third-order valence-electron chi connectivity index (χ3n) is 6.18. The quantitative estimate of drug-likeness (QED) is 0.541. The van der Waals surface area contributed by atoms with Crippen molar-refractivity contribution in [2.24, 2.45) is 10.9 Å². The van der Waals surface area contributed by atoms with E-state index in [0.717, 1.165) is 28.5 Å². The second kappa shape index (κ2) is 9.54. The summed E-state index contributed by atoms with van der Waals surface area (Å²) in [5, 5.41) is 3.28. The Labute approximate surface area is 199 Å². The van der Waals surface area contributed by atoms with Crippen molar-refractivity contribution in [2.75, 3.05) is 7.11 Å². The van der Waals surface area contributed by atoms with Crippen LogP contribution in [-0.2, 0) is 22.0 Å². The Morgan fingerprint density at radius 2 is 1.67 bits per heavy atom. The summed E-state index contributed by atoms with van der Waals surface area (Å²) in [6, 6.07) is 14.4. The number of ether oxygens (including phenoxy) is 1. The van der Waals surface area contributed by atoms with Crippen molar-refractivity contribution in [2.45, 2.75) is 71.6 Å². The number of nitrogens with one attached hydrogen (secondary N) is 1. The van der Waals surface area contributed by atoms with Crippen LogP contribution in [0.5, 0.6) is 5.75 Å². The maximum absolute atomic E-state index is 13.1. The highest BCUT2D eigenvalue weighted by atomic mass is 16.5. The van der Waals surface area contributed by atoms with Crippen molar-refractivity contribution in [3.8, 4) is 5.75 Å². The monoisotopic (exact) mass is 446 g/mol. The van der Waals surface area contributed by atoms with Crippen LogP contribution in [0.25, 0.3) is 0 Å². The number of hydrogen-bond acceptors (Lipinski definition) is 3. The number of ketones is 1. The van der Waals surface area contributed by atoms with E-state index >= 15 is 0 Å². The Morgan fingerprint density at radius 3 is 2.24 bits per heavy atom. The minimum atomic E-state index is 0.0343. The van der Waals surface area contributed by atoms with E-state index in [4.69, 9.17) is 9.73 Å². The van der Waals surface area contributed by atoms with E-state index in [1.54, 1.807) is 7.11 Å². The molecule has 0 bridgehead atoms. The molecular formula is C29H38N2O2. The zero-order valence-electron chi connectivity index (χ0n) is 21.2. The van der Waals surface area contributed by atoms with Crippen LogP contribution in [0.3, 0.4) is 0 Å². The molecule has 1 atom stereocenters. The number of carbonyl (C=O) groups is 1. The van der Waals surface area contributed by atoms with Crippen LogP contribution in [-0.4, -0.2) is 18.7 Å². The topological polar surface area (TPSA) is 50.7 Å². The molecule has 1 N–H and O–H groups in total. The molecule has 1 unspecified atom stereocenters. The van der Waals surface area contributed by atoms with E-state index in [1.807, 2.05) is 24.3 Å². The van der Waals surface area contributed by atoms with Gasteiger partial charge in [0, 0.05) is 30.9 Å². The Balaban J connectivity index is 1.73. The minimum absolute atomic E-state index is 0.0343. The first-order valence-electron chi connectivity index (χ1n) is 11.7. The summed E-state index contributed by atoms with van der Waals surface area (Å²) in [4.78, 5) is 17.8. The number of para-hydroxylation sites is 2. The number of rotatable bonds is 6. The SMILES string of the molecule is C=C1N/C(=N\c2ccccc2OC)CC1CC(=O)Cc1cc(C(C)(C)C)cc(C(C)(C)C)c1. The van der Waals surface area contributed by atoms with Gasteiger partial charge in [-0.25, -0.2) is 4.99 Å². The van der Waals surface area contributed by atoms with Gasteiger partial charge in [-0.05, 0) is 39.7 Å². The molecule has 1 aliphatic rings. The molecule has 1 saturated heterocycles. The molecular weight excluding hydrogens is 408 g/mol. The van der Waals surface area contributed by atoms with Crippen LogP contribution in [0.4, 0.5) is 5.69 Å². The first-order chi connectivity index (χ1) is 15.4. The normalized spacial score (nSPS) is 17.8. The van der Waals surface area contributed by atoms with Gasteiger partial charge in [0.2, 0.25) is 0 Å². The van der Waals surface area contributed by atoms with E-state index < -0.39 is 0 Å². The van der Waals surface area contributed by atoms with E-state index in [-0.39, 0.29) is 22.5 Å². The molecule has 176 valence electrons. The van der Waals surface area contributed by atoms with Gasteiger partial charge in [-0.15, -0.1) is 0 Å². The first-order valence-corrected chi connectivity index (χ1v) is 11.7. The van der Waals surface area contributed by atoms with E-state index in [2.05, 4.69) is 71.6 Å². The van der Waals surface area contributed by atoms with Crippen molar-refractivity contribution < 1.29 is 9.53 Å². The van der Waals surface area contributed by atoms with Gasteiger partial charge in [0.25, 0.3) is 0 Å². The number of carbonyl (C=O) groups excluding carboxylic acids is 1. The highest BCUT2D eigenvalue weighted by molar-refractivity contribution is 5.91. The molecule has 0 radical (unpaired) electrons. The largest absolute Gasteiger partial charge is 0.494 e. The van der Waals surface area contributed by atoms with Gasteiger partial charge in [-0.1, -0.05) is 78.5 Å². The number of aliphatic imine (C=N–C) groups is 1. The van der Waals surface area contributed by atoms with E-state index in [1.165, 1.54) is 11.1 Å². The summed E-state index contributed by atoms with van der Waals surface area (Å²) in [7, 11) is 1.64. The van der Waals surface area contributed by atoms with Crippen molar-refractivity contribution >= 4 is 17.3 Å². The molecule has 0 spiro atoms. The van der Waals surface area contributed by atoms with Crippen molar-refractivity contribution in [1.82, 2.24) is 5.32 Å². The predicted molar refractivity (Wildman–Crippen MR) is 138 cm³/mol. The Morgan fingerprint density at radius 1 is 1.06 bits per heavy atom. The predicted octanol–water partition coefficient (Wildman–Crippen LogP) is 6.65. The molecule has 0 saturated carbocycles. The van der Waals surface area contributed by atoms with Crippen LogP contribution in [0.1, 0.15) is 71.1 Å². The van der Waals surface area contributed by atoms with Gasteiger partial charge in [0.1, 0.15) is 23.1 Å². The first kappa shape index (κ1) is 24.8. The molecule has 1 fully saturated rings. The molecule has 2 aromatic rings. The van der Waals surface area contributed by atoms with Crippen LogP contribution in [0, 0.1) is 5.92 Å². The summed E-state index contributed by atoms with van der Waals surface area (Å²) >= 11 is 0. The smallest absolute Gasteiger partial charge is 0.144 e. The number of allylic oxidation sites excluding steroid dienone is 1. The summed E-state index contributed by atoms with van der Waals surface area (Å²) in [6.45, 7) is 17.5. The number of nitrogens with zero attached hydrogens (tertiary/aromatic N) is 1. The van der Waals surface area contributed by atoms with Gasteiger partial charge in [0.05, 0.1) is 7.11 Å². The summed E-state index contributed by atoms with van der Waals surface area (Å²) in [5.41, 5.74) is 5.34. The van der Waals surface area contributed by atoms with Gasteiger partial charge in [0.15, 0.2) is 0 Å². The average Bonchev–Trinajstić information content (AvgIpc) is 3.05. The Bertz CT molecular complexity index is 1040. The van der Waals surface area contributed by atoms with Gasteiger partial charge < -0.3 is 10.1 Å². The number of methoxy groups -OCH3 is 1. The molecule has 1 aliphatic heterocycles. The lowest BCUT2D eigenvalue weighted by molar-refractivity contribution is -0.119. The van der Waals surface area contributed by atoms with Crippen molar-refractivity contribution in [3.63, 3.8) is 0 Å². The van der Waals surface area contributed by atoms with Gasteiger partial charge in [-0.2, -0.15) is 0 Å². The zero-order valence-corrected chi connectivity index (χ0v) is 21.2. The molecule has 4 nitrogen and oxygen atoms in total. The fraction of sp³-hybridized carbons (Fsp3) is 0.448. The average molecular weight is 447 g/mol. The lowest BCUT2D eigenvalue weighted by Gasteiger charge is -2.26. The molecule has 3 rings (SSSR count). The third kappa shape index (κ3) is 6.34. The van der Waals surface area contributed by atoms with Gasteiger partial charge >= 0.3 is 0 Å². The highest BCUT2D eigenvalue weighted by Crippen LogP contribution is 2.32. The lowest BCUT2D eigenvalue weighted by atomic mass is 9.79. The second-order valence-electron chi connectivity index (χ2n) is 11.1. The van der Waals surface area contributed by atoms with E-state index in [9.17, 15) is 4.79 Å². The Hall–Kier alpha value is -2.88. The molecule has 2 aromatic carbocycles. The lowest BCUT2D eigenvalue weighted by Crippen LogP contribution is -2.18. The fourth-order valence-electron chi connectivity index (χ4n) is 4.07. The molecule has 4 heteroatoms. The van der Waals surface area contributed by atoms with Crippen LogP contribution in [0.15, 0.2) is 59.7 Å². The standard InChI is InChI=1S/C29H38N2O2/c1-19-21(17-27(30-19)31-25-11-9-10-12-26(25)33-8)16-24(32)15-20-13-22(28(2,3)4)18-23(14-20)29(5,6)7/h9-14,18,21H,1,15-17H2,2-8H3,(H,30,31). The van der Waals surface area contributed by atoms with Crippen molar-refractivity contribution in [1.29, 1.82) is 0 Å². The summed E-state index contributed by atoms with van der Waals surface area (Å²) in [6.07, 6.45) is 1.58. The van der Waals surface area contributed by atoms with Crippen LogP contribution in [0.2, 0.25) is 0 Å². The number of amidine groups is 1. The molecule has 0 amide bonds. The molecule has 1 heterocycles. The highest BCUT2D eigenvalue weighted by Gasteiger charge is 2.27. The summed E-state index contributed by atoms with van der Waals surface area (Å²) in [5.74, 6) is 1.84. The number of Topliss-reactive ketones (excluding diaryl/α,β-unsaturated/α-hetero) is 1. The van der Waals surface area contributed by atoms with E-state index in [0.29, 0.717) is 19.3 Å². The maximum atomic E-state index is 13.1. The molecule has 33 heavy (non-hydrogen) atoms. The Kier molecular flexibility index (Phi) is 7.16. The zero-order chi connectivity index (χ0) is 24.4. The van der Waals surface area contributed by atoms with Crippen LogP contribution >= 0.6 is 0 Å². The van der Waals surface area contributed by atoms with Crippen molar-refractivity contribution in [3.05, 3.63) is 71.4 Å². The third-order valence-corrected chi connectivity index (χ3v) is 6.18. The van der Waals surface area contributed by atoms with Gasteiger partial charge in [-0.3, -0.25) is 4.79 Å². The van der Waals surface area contributed by atoms with Crippen LogP contribution < -0.4 is 10.1 Å². The maximum Gasteiger partial charge on any atom is 0.144 e. The second-order valence-corrected chi connectivity index (χ2v) is 11.1. The minimum Gasteiger partial charge on any atom is -0.494 e. The summed E-state index contributed by atoms with van der Waals surface area (Å²) < 4.78 is 5.40. The number of benzene rings is 2. The molecule has 0 aromatic heterocycles.